The molecule has 0 spiro atoms. The molecule has 1 aromatic heterocycles. The predicted octanol–water partition coefficient (Wildman–Crippen LogP) is 4.13. The highest BCUT2D eigenvalue weighted by atomic mass is 19.1. The number of fused-ring (bicyclic) bond motifs is 1. The van der Waals surface area contributed by atoms with E-state index in [0.29, 0.717) is 11.4 Å². The normalized spacial score (nSPS) is 13.6. The summed E-state index contributed by atoms with van der Waals surface area (Å²) in [4.78, 5) is 12.3. The second-order valence-corrected chi connectivity index (χ2v) is 6.91. The number of nitrogens with one attached hydrogen (secondary N) is 1. The molecule has 0 saturated heterocycles. The Bertz CT molecular complexity index is 1020. The molecule has 3 aromatic rings. The van der Waals surface area contributed by atoms with Crippen LogP contribution in [0.1, 0.15) is 30.7 Å². The number of hydrogen-bond acceptors (Lipinski definition) is 3. The second-order valence-electron chi connectivity index (χ2n) is 6.91. The smallest absolute Gasteiger partial charge is 0.228 e. The van der Waals surface area contributed by atoms with E-state index in [1.165, 1.54) is 18.2 Å². The molecule has 2 heterocycles. The van der Waals surface area contributed by atoms with Crippen LogP contribution >= 0.6 is 0 Å². The molecule has 1 aliphatic rings. The van der Waals surface area contributed by atoms with Gasteiger partial charge in [-0.1, -0.05) is 24.6 Å². The number of carbonyl (C=O) groups excluding carboxylic acids is 1. The van der Waals surface area contributed by atoms with Crippen molar-refractivity contribution >= 4 is 11.6 Å². The van der Waals surface area contributed by atoms with Crippen LogP contribution < -0.4 is 5.32 Å². The summed E-state index contributed by atoms with van der Waals surface area (Å²) >= 11 is 0. The molecule has 144 valence electrons. The van der Waals surface area contributed by atoms with Crippen LogP contribution in [0.3, 0.4) is 0 Å². The monoisotopic (exact) mass is 382 g/mol. The summed E-state index contributed by atoms with van der Waals surface area (Å²) < 4.78 is 30.1. The first-order valence-corrected chi connectivity index (χ1v) is 9.37. The average molecular weight is 382 g/mol. The highest BCUT2D eigenvalue weighted by Crippen LogP contribution is 2.26. The van der Waals surface area contributed by atoms with E-state index in [9.17, 15) is 13.6 Å². The van der Waals surface area contributed by atoms with Crippen molar-refractivity contribution in [1.29, 1.82) is 0 Å². The number of halogens is 2. The summed E-state index contributed by atoms with van der Waals surface area (Å²) in [5.41, 5.74) is 0.993. The van der Waals surface area contributed by atoms with Gasteiger partial charge >= 0.3 is 0 Å². The molecule has 0 radical (unpaired) electrons. The van der Waals surface area contributed by atoms with Gasteiger partial charge in [-0.3, -0.25) is 4.79 Å². The number of aromatic nitrogens is 3. The molecule has 0 bridgehead atoms. The van der Waals surface area contributed by atoms with Crippen LogP contribution in [0.5, 0.6) is 0 Å². The maximum Gasteiger partial charge on any atom is 0.228 e. The summed E-state index contributed by atoms with van der Waals surface area (Å²) in [7, 11) is 0. The van der Waals surface area contributed by atoms with Gasteiger partial charge in [0.15, 0.2) is 5.82 Å². The van der Waals surface area contributed by atoms with Crippen molar-refractivity contribution in [1.82, 2.24) is 14.8 Å². The molecular formula is C21H20F2N4O. The number of anilines is 1. The first-order chi connectivity index (χ1) is 13.6. The minimum atomic E-state index is -0.554. The molecule has 0 atom stereocenters. The first-order valence-electron chi connectivity index (χ1n) is 9.37. The Kier molecular flexibility index (Phi) is 5.14. The van der Waals surface area contributed by atoms with Gasteiger partial charge in [0, 0.05) is 18.5 Å². The van der Waals surface area contributed by atoms with Crippen molar-refractivity contribution in [2.24, 2.45) is 0 Å². The molecule has 1 amide bonds. The number of nitrogens with zero attached hydrogens (tertiary/aromatic N) is 3. The fourth-order valence-electron chi connectivity index (χ4n) is 3.47. The van der Waals surface area contributed by atoms with Crippen LogP contribution in [-0.4, -0.2) is 20.7 Å². The summed E-state index contributed by atoms with van der Waals surface area (Å²) in [6, 6.07) is 10.5. The van der Waals surface area contributed by atoms with Crippen LogP contribution in [0.2, 0.25) is 0 Å². The van der Waals surface area contributed by atoms with Gasteiger partial charge in [0.1, 0.15) is 17.5 Å². The van der Waals surface area contributed by atoms with E-state index >= 15 is 0 Å². The minimum absolute atomic E-state index is 0.0461. The molecule has 5 nitrogen and oxygen atoms in total. The lowest BCUT2D eigenvalue weighted by Gasteiger charge is -2.11. The molecule has 0 aliphatic carbocycles. The van der Waals surface area contributed by atoms with Crippen LogP contribution in [0.25, 0.3) is 11.4 Å². The van der Waals surface area contributed by atoms with Gasteiger partial charge in [-0.15, -0.1) is 10.2 Å². The Labute approximate surface area is 161 Å². The Balaban J connectivity index is 1.57. The topological polar surface area (TPSA) is 59.8 Å². The molecule has 1 N–H and O–H groups in total. The molecular weight excluding hydrogens is 362 g/mol. The Morgan fingerprint density at radius 3 is 2.75 bits per heavy atom. The molecule has 1 aliphatic heterocycles. The minimum Gasteiger partial charge on any atom is -0.323 e. The van der Waals surface area contributed by atoms with E-state index in [0.717, 1.165) is 38.1 Å². The lowest BCUT2D eigenvalue weighted by molar-refractivity contribution is -0.115. The maximum atomic E-state index is 14.3. The molecule has 7 heteroatoms. The van der Waals surface area contributed by atoms with E-state index in [-0.39, 0.29) is 17.7 Å². The highest BCUT2D eigenvalue weighted by Gasteiger charge is 2.18. The lowest BCUT2D eigenvalue weighted by atomic mass is 10.1. The molecule has 28 heavy (non-hydrogen) atoms. The Morgan fingerprint density at radius 2 is 1.89 bits per heavy atom. The number of benzene rings is 2. The van der Waals surface area contributed by atoms with E-state index in [4.69, 9.17) is 0 Å². The lowest BCUT2D eigenvalue weighted by Crippen LogP contribution is -2.16. The number of aryl methyl sites for hydroxylation is 1. The standard InChI is InChI=1S/C21H20F2N4O/c22-16-7-4-3-6-14(16)13-20(28)24-18-12-15(9-10-17(18)23)21-26-25-19-8-2-1-5-11-27(19)21/h3-4,6-7,9-10,12H,1-2,5,8,11,13H2,(H,24,28). The van der Waals surface area contributed by atoms with Gasteiger partial charge in [0.25, 0.3) is 0 Å². The molecule has 4 rings (SSSR count). The van der Waals surface area contributed by atoms with Crippen LogP contribution in [0, 0.1) is 11.6 Å². The van der Waals surface area contributed by atoms with Gasteiger partial charge < -0.3 is 9.88 Å². The first kappa shape index (κ1) is 18.3. The zero-order valence-electron chi connectivity index (χ0n) is 15.3. The summed E-state index contributed by atoms with van der Waals surface area (Å²) in [6.07, 6.45) is 3.98. The largest absolute Gasteiger partial charge is 0.323 e. The van der Waals surface area contributed by atoms with Crippen LogP contribution in [-0.2, 0) is 24.2 Å². The highest BCUT2D eigenvalue weighted by molar-refractivity contribution is 5.93. The van der Waals surface area contributed by atoms with Gasteiger partial charge in [-0.05, 0) is 42.7 Å². The van der Waals surface area contributed by atoms with E-state index in [2.05, 4.69) is 20.1 Å². The maximum absolute atomic E-state index is 14.3. The molecule has 0 unspecified atom stereocenters. The van der Waals surface area contributed by atoms with Gasteiger partial charge in [0.2, 0.25) is 5.91 Å². The van der Waals surface area contributed by atoms with Gasteiger partial charge in [0.05, 0.1) is 12.1 Å². The number of amides is 1. The third-order valence-corrected chi connectivity index (χ3v) is 4.92. The number of hydrogen-bond donors (Lipinski definition) is 1. The van der Waals surface area contributed by atoms with Crippen molar-refractivity contribution in [2.75, 3.05) is 5.32 Å². The SMILES string of the molecule is O=C(Cc1ccccc1F)Nc1cc(-c2nnc3n2CCCCC3)ccc1F. The predicted molar refractivity (Wildman–Crippen MR) is 102 cm³/mol. The third kappa shape index (κ3) is 3.78. The quantitative estimate of drug-likeness (QED) is 0.738. The zero-order valence-corrected chi connectivity index (χ0v) is 15.3. The fourth-order valence-corrected chi connectivity index (χ4v) is 3.47. The Morgan fingerprint density at radius 1 is 1.04 bits per heavy atom. The van der Waals surface area contributed by atoms with E-state index in [1.54, 1.807) is 24.3 Å². The summed E-state index contributed by atoms with van der Waals surface area (Å²) in [5, 5.41) is 11.1. The number of carbonyl (C=O) groups is 1. The van der Waals surface area contributed by atoms with Crippen LogP contribution in [0.15, 0.2) is 42.5 Å². The van der Waals surface area contributed by atoms with Crippen molar-refractivity contribution < 1.29 is 13.6 Å². The third-order valence-electron chi connectivity index (χ3n) is 4.92. The second kappa shape index (κ2) is 7.88. The average Bonchev–Trinajstić information content (AvgIpc) is 2.93. The van der Waals surface area contributed by atoms with Crippen molar-refractivity contribution in [3.63, 3.8) is 0 Å². The molecule has 0 fully saturated rings. The van der Waals surface area contributed by atoms with Crippen molar-refractivity contribution in [3.05, 3.63) is 65.5 Å². The zero-order chi connectivity index (χ0) is 19.5. The molecule has 2 aromatic carbocycles. The van der Waals surface area contributed by atoms with Crippen molar-refractivity contribution in [2.45, 2.75) is 38.6 Å². The van der Waals surface area contributed by atoms with Crippen LogP contribution in [0.4, 0.5) is 14.5 Å². The fraction of sp³-hybridized carbons (Fsp3) is 0.286. The van der Waals surface area contributed by atoms with Gasteiger partial charge in [-0.25, -0.2) is 8.78 Å². The Hall–Kier alpha value is -3.09. The number of rotatable bonds is 4. The van der Waals surface area contributed by atoms with Crippen molar-refractivity contribution in [3.8, 4) is 11.4 Å². The van der Waals surface area contributed by atoms with Gasteiger partial charge in [-0.2, -0.15) is 0 Å². The summed E-state index contributed by atoms with van der Waals surface area (Å²) in [6.45, 7) is 0.823. The summed E-state index contributed by atoms with van der Waals surface area (Å²) in [5.74, 6) is 0.101. The van der Waals surface area contributed by atoms with E-state index < -0.39 is 17.5 Å². The van der Waals surface area contributed by atoms with E-state index in [1.807, 2.05) is 0 Å². The molecule has 0 saturated carbocycles.